The number of hydrogen-bond acceptors (Lipinski definition) is 6. The van der Waals surface area contributed by atoms with Gasteiger partial charge < -0.3 is 20.2 Å². The van der Waals surface area contributed by atoms with Gasteiger partial charge in [0.15, 0.2) is 0 Å². The topological polar surface area (TPSA) is 115 Å². The molecule has 0 radical (unpaired) electrons. The first kappa shape index (κ1) is 17.2. The number of carboxylic acid groups (broad SMARTS) is 1. The van der Waals surface area contributed by atoms with Crippen molar-refractivity contribution in [3.8, 4) is 0 Å². The third-order valence-corrected chi connectivity index (χ3v) is 6.33. The molecule has 9 heteroatoms. The van der Waals surface area contributed by atoms with Crippen LogP contribution in [0.2, 0.25) is 0 Å². The van der Waals surface area contributed by atoms with Gasteiger partial charge in [-0.1, -0.05) is 6.92 Å². The molecule has 1 fully saturated rings. The summed E-state index contributed by atoms with van der Waals surface area (Å²) in [5.74, 6) is -1.63. The van der Waals surface area contributed by atoms with Gasteiger partial charge >= 0.3 is 5.97 Å². The molecule has 2 aliphatic rings. The maximum Gasteiger partial charge on any atom is 0.352 e. The SMILES string of the molecule is C[C@@H](O)[C@H]1C(=O)N2C(C(=O)O)=C(Cc3nc(CO)c4sccn34)[C@H](C)[C@H]12. The van der Waals surface area contributed by atoms with Gasteiger partial charge in [0, 0.05) is 23.9 Å². The van der Waals surface area contributed by atoms with Crippen LogP contribution in [0.25, 0.3) is 4.83 Å². The Balaban J connectivity index is 1.76. The lowest BCUT2D eigenvalue weighted by molar-refractivity contribution is -0.163. The van der Waals surface area contributed by atoms with E-state index in [1.165, 1.54) is 16.2 Å². The molecule has 2 aliphatic heterocycles. The number of fused-ring (bicyclic) bond motifs is 2. The third-order valence-electron chi connectivity index (χ3n) is 5.41. The fourth-order valence-corrected chi connectivity index (χ4v) is 5.06. The molecule has 0 saturated carbocycles. The van der Waals surface area contributed by atoms with Gasteiger partial charge in [-0.25, -0.2) is 9.78 Å². The van der Waals surface area contributed by atoms with Crippen LogP contribution in [-0.2, 0) is 22.6 Å². The van der Waals surface area contributed by atoms with Gasteiger partial charge in [-0.15, -0.1) is 11.3 Å². The van der Waals surface area contributed by atoms with Crippen molar-refractivity contribution in [2.75, 3.05) is 0 Å². The summed E-state index contributed by atoms with van der Waals surface area (Å²) in [4.78, 5) is 30.8. The molecule has 0 aliphatic carbocycles. The van der Waals surface area contributed by atoms with Gasteiger partial charge in [0.25, 0.3) is 0 Å². The van der Waals surface area contributed by atoms with Crippen LogP contribution >= 0.6 is 11.3 Å². The quantitative estimate of drug-likeness (QED) is 0.658. The highest BCUT2D eigenvalue weighted by Crippen LogP contribution is 2.47. The largest absolute Gasteiger partial charge is 0.477 e. The first-order valence-corrected chi connectivity index (χ1v) is 9.26. The Morgan fingerprint density at radius 1 is 1.46 bits per heavy atom. The van der Waals surface area contributed by atoms with Crippen molar-refractivity contribution >= 4 is 28.0 Å². The molecule has 4 atom stereocenters. The van der Waals surface area contributed by atoms with E-state index in [0.29, 0.717) is 17.1 Å². The summed E-state index contributed by atoms with van der Waals surface area (Å²) in [6.07, 6.45) is 1.28. The van der Waals surface area contributed by atoms with Crippen molar-refractivity contribution in [1.29, 1.82) is 0 Å². The van der Waals surface area contributed by atoms with E-state index >= 15 is 0 Å². The minimum absolute atomic E-state index is 0.00179. The minimum atomic E-state index is -1.15. The number of imidazole rings is 1. The van der Waals surface area contributed by atoms with E-state index in [1.807, 2.05) is 22.9 Å². The van der Waals surface area contributed by atoms with Crippen LogP contribution < -0.4 is 0 Å². The molecule has 1 saturated heterocycles. The second-order valence-corrected chi connectivity index (χ2v) is 7.72. The molecule has 26 heavy (non-hydrogen) atoms. The van der Waals surface area contributed by atoms with E-state index < -0.39 is 18.0 Å². The predicted molar refractivity (Wildman–Crippen MR) is 92.3 cm³/mol. The highest BCUT2D eigenvalue weighted by molar-refractivity contribution is 7.15. The zero-order valence-electron chi connectivity index (χ0n) is 14.3. The number of aliphatic carboxylic acids is 1. The molecule has 0 aromatic carbocycles. The number of carbonyl (C=O) groups is 2. The van der Waals surface area contributed by atoms with Crippen molar-refractivity contribution < 1.29 is 24.9 Å². The molecular weight excluding hydrogens is 358 g/mol. The van der Waals surface area contributed by atoms with Crippen LogP contribution in [0.1, 0.15) is 25.4 Å². The summed E-state index contributed by atoms with van der Waals surface area (Å²) >= 11 is 1.45. The average Bonchev–Trinajstić information content (AvgIpc) is 3.22. The van der Waals surface area contributed by atoms with Gasteiger partial charge in [0.2, 0.25) is 5.91 Å². The number of aromatic nitrogens is 2. The van der Waals surface area contributed by atoms with Gasteiger partial charge in [0.05, 0.1) is 24.7 Å². The standard InChI is InChI=1S/C17H19N3O5S/c1-7-9(5-11-18-10(6-21)16-19(11)3-4-26-16)14(17(24)25)20-13(7)12(8(2)22)15(20)23/h3-4,7-8,12-13,21-22H,5-6H2,1-2H3,(H,24,25)/t7-,8+,12+,13+/m0/s1. The lowest BCUT2D eigenvalue weighted by Crippen LogP contribution is -2.63. The predicted octanol–water partition coefficient (Wildman–Crippen LogP) is 0.627. The Bertz CT molecular complexity index is 943. The molecule has 2 aromatic heterocycles. The number of thiazole rings is 1. The fourth-order valence-electron chi connectivity index (χ4n) is 4.23. The monoisotopic (exact) mass is 377 g/mol. The summed E-state index contributed by atoms with van der Waals surface area (Å²) in [5, 5.41) is 31.0. The van der Waals surface area contributed by atoms with Crippen LogP contribution in [-0.4, -0.2) is 53.6 Å². The van der Waals surface area contributed by atoms with Gasteiger partial charge in [-0.3, -0.25) is 9.20 Å². The fraction of sp³-hybridized carbons (Fsp3) is 0.471. The highest BCUT2D eigenvalue weighted by atomic mass is 32.1. The molecule has 4 heterocycles. The summed E-state index contributed by atoms with van der Waals surface area (Å²) in [6, 6.07) is -0.334. The smallest absolute Gasteiger partial charge is 0.352 e. The maximum absolute atomic E-state index is 12.4. The number of rotatable bonds is 5. The van der Waals surface area contributed by atoms with Gasteiger partial charge in [-0.2, -0.15) is 0 Å². The van der Waals surface area contributed by atoms with E-state index in [4.69, 9.17) is 0 Å². The van der Waals surface area contributed by atoms with E-state index in [-0.39, 0.29) is 36.6 Å². The third kappa shape index (κ3) is 2.17. The summed E-state index contributed by atoms with van der Waals surface area (Å²) in [5.41, 5.74) is 1.18. The van der Waals surface area contributed by atoms with E-state index in [9.17, 15) is 24.9 Å². The van der Waals surface area contributed by atoms with E-state index in [2.05, 4.69) is 4.98 Å². The number of β-lactam (4-membered cyclic amide) rings is 1. The average molecular weight is 377 g/mol. The first-order valence-electron chi connectivity index (χ1n) is 8.38. The second-order valence-electron chi connectivity index (χ2n) is 6.82. The summed E-state index contributed by atoms with van der Waals surface area (Å²) in [6.45, 7) is 3.25. The number of hydrogen-bond donors (Lipinski definition) is 3. The molecule has 1 amide bonds. The van der Waals surface area contributed by atoms with Crippen molar-refractivity contribution in [2.45, 2.75) is 39.0 Å². The molecule has 4 rings (SSSR count). The molecular formula is C17H19N3O5S. The number of carboxylic acids is 1. The molecule has 0 unspecified atom stereocenters. The summed E-state index contributed by atoms with van der Waals surface area (Å²) in [7, 11) is 0. The Morgan fingerprint density at radius 2 is 2.19 bits per heavy atom. The van der Waals surface area contributed by atoms with E-state index in [0.717, 1.165) is 4.83 Å². The van der Waals surface area contributed by atoms with E-state index in [1.54, 1.807) is 6.92 Å². The number of carbonyl (C=O) groups excluding carboxylic acids is 1. The molecule has 3 N–H and O–H groups in total. The van der Waals surface area contributed by atoms with Crippen molar-refractivity contribution in [3.63, 3.8) is 0 Å². The molecule has 0 spiro atoms. The molecule has 138 valence electrons. The second kappa shape index (κ2) is 5.90. The molecule has 0 bridgehead atoms. The Kier molecular flexibility index (Phi) is 3.90. The number of aliphatic hydroxyl groups is 2. The normalized spacial score (nSPS) is 26.4. The lowest BCUT2D eigenvalue weighted by Gasteiger charge is -2.46. The summed E-state index contributed by atoms with van der Waals surface area (Å²) < 4.78 is 1.85. The Labute approximate surface area is 153 Å². The maximum atomic E-state index is 12.4. The minimum Gasteiger partial charge on any atom is -0.477 e. The van der Waals surface area contributed by atoms with Crippen LogP contribution in [0.15, 0.2) is 22.8 Å². The van der Waals surface area contributed by atoms with Gasteiger partial charge in [0.1, 0.15) is 22.0 Å². The van der Waals surface area contributed by atoms with Crippen LogP contribution in [0.4, 0.5) is 0 Å². The van der Waals surface area contributed by atoms with Crippen molar-refractivity contribution in [3.05, 3.63) is 34.4 Å². The van der Waals surface area contributed by atoms with Crippen LogP contribution in [0, 0.1) is 11.8 Å². The zero-order valence-corrected chi connectivity index (χ0v) is 15.1. The Morgan fingerprint density at radius 3 is 2.81 bits per heavy atom. The van der Waals surface area contributed by atoms with Crippen LogP contribution in [0.3, 0.4) is 0 Å². The lowest BCUT2D eigenvalue weighted by atomic mass is 9.77. The van der Waals surface area contributed by atoms with Gasteiger partial charge in [-0.05, 0) is 12.5 Å². The molecule has 8 nitrogen and oxygen atoms in total. The number of nitrogens with zero attached hydrogens (tertiary/aromatic N) is 3. The highest BCUT2D eigenvalue weighted by Gasteiger charge is 2.59. The number of amides is 1. The molecule has 2 aromatic rings. The van der Waals surface area contributed by atoms with Crippen LogP contribution in [0.5, 0.6) is 0 Å². The first-order chi connectivity index (χ1) is 12.4. The zero-order chi connectivity index (χ0) is 18.7. The number of aliphatic hydroxyl groups excluding tert-OH is 2. The van der Waals surface area contributed by atoms with Crippen molar-refractivity contribution in [2.24, 2.45) is 11.8 Å². The Hall–Kier alpha value is -2.23. The van der Waals surface area contributed by atoms with Crippen molar-refractivity contribution in [1.82, 2.24) is 14.3 Å².